The van der Waals surface area contributed by atoms with Crippen molar-refractivity contribution in [3.8, 4) is 0 Å². The van der Waals surface area contributed by atoms with Gasteiger partial charge in [-0.15, -0.1) is 0 Å². The quantitative estimate of drug-likeness (QED) is 0.105. The number of aliphatic hydroxyl groups excluding tert-OH is 2. The molecule has 2 aromatic rings. The molecule has 6 rings (SSSR count). The van der Waals surface area contributed by atoms with Gasteiger partial charge in [0.15, 0.2) is 23.3 Å². The number of imidazole rings is 1. The summed E-state index contributed by atoms with van der Waals surface area (Å²) >= 11 is 0. The van der Waals surface area contributed by atoms with E-state index in [1.54, 1.807) is 11.5 Å². The molecule has 4 aliphatic carbocycles. The largest absolute Gasteiger partial charge is 0.445 e. The van der Waals surface area contributed by atoms with Gasteiger partial charge in [0.1, 0.15) is 17.6 Å². The number of benzene rings is 1. The molecule has 0 unspecified atom stereocenters. The molecule has 1 aromatic heterocycles. The lowest BCUT2D eigenvalue weighted by Gasteiger charge is -2.44. The number of halogens is 5. The molecule has 1 amide bonds. The Labute approximate surface area is 301 Å². The van der Waals surface area contributed by atoms with Crippen LogP contribution in [0.4, 0.5) is 32.4 Å². The van der Waals surface area contributed by atoms with Crippen molar-refractivity contribution in [3.05, 3.63) is 82.3 Å². The van der Waals surface area contributed by atoms with Gasteiger partial charge >= 0.3 is 6.09 Å². The number of nitrogens with one attached hydrogen (secondary N) is 2. The lowest BCUT2D eigenvalue weighted by Crippen LogP contribution is -2.37. The number of allylic oxidation sites excluding steroid dienone is 3. The van der Waals surface area contributed by atoms with E-state index in [-0.39, 0.29) is 11.3 Å². The number of rotatable bonds is 11. The van der Waals surface area contributed by atoms with Crippen LogP contribution in [0.1, 0.15) is 109 Å². The number of nitrogens with zero attached hydrogens (tertiary/aromatic N) is 1. The van der Waals surface area contributed by atoms with E-state index in [4.69, 9.17) is 4.74 Å². The van der Waals surface area contributed by atoms with E-state index in [1.807, 2.05) is 13.0 Å². The monoisotopic (exact) mass is 731 g/mol. The predicted molar refractivity (Wildman–Crippen MR) is 187 cm³/mol. The Morgan fingerprint density at radius 1 is 1.08 bits per heavy atom. The van der Waals surface area contributed by atoms with Crippen molar-refractivity contribution >= 4 is 11.8 Å². The zero-order valence-corrected chi connectivity index (χ0v) is 30.1. The van der Waals surface area contributed by atoms with Crippen LogP contribution in [0.5, 0.6) is 0 Å². The second-order valence-electron chi connectivity index (χ2n) is 15.8. The van der Waals surface area contributed by atoms with Crippen LogP contribution in [0, 0.1) is 52.3 Å². The summed E-state index contributed by atoms with van der Waals surface area (Å²) in [5, 5.41) is 22.3. The van der Waals surface area contributed by atoms with Gasteiger partial charge in [-0.2, -0.15) is 0 Å². The zero-order valence-electron chi connectivity index (χ0n) is 30.1. The first kappa shape index (κ1) is 38.2. The Balaban J connectivity index is 1.19. The molecule has 284 valence electrons. The zero-order chi connectivity index (χ0) is 37.5. The second kappa shape index (κ2) is 15.1. The Morgan fingerprint density at radius 2 is 1.77 bits per heavy atom. The molecule has 7 atom stereocenters. The number of carbonyl (C=O) groups excluding carboxylic acids is 1. The van der Waals surface area contributed by atoms with Gasteiger partial charge in [-0.05, 0) is 105 Å². The van der Waals surface area contributed by atoms with Crippen LogP contribution in [-0.4, -0.2) is 44.6 Å². The molecule has 0 saturated heterocycles. The SMILES string of the molecule is C=C1C(=CC=C2CCC[C@]3(C)[C@@H]([C@H](C)CC[C@@H](OC(=O)Nc4c(F)c(F)c(F)c(F)c4F)C4(c5ncc(CCC)[nH]5)CC4)CC[C@@H]23)C[C@@H](O)C[C@@H]1O. The summed E-state index contributed by atoms with van der Waals surface area (Å²) < 4.78 is 76.3. The van der Waals surface area contributed by atoms with Crippen LogP contribution in [0.3, 0.4) is 0 Å². The molecule has 1 aromatic carbocycles. The Morgan fingerprint density at radius 3 is 2.44 bits per heavy atom. The number of anilines is 1. The van der Waals surface area contributed by atoms with E-state index in [9.17, 15) is 37.0 Å². The predicted octanol–water partition coefficient (Wildman–Crippen LogP) is 9.26. The topological polar surface area (TPSA) is 107 Å². The van der Waals surface area contributed by atoms with Crippen molar-refractivity contribution in [3.63, 3.8) is 0 Å². The number of H-pyrrole nitrogens is 1. The third kappa shape index (κ3) is 7.21. The number of ether oxygens (including phenoxy) is 1. The molecule has 4 saturated carbocycles. The minimum Gasteiger partial charge on any atom is -0.445 e. The number of fused-ring (bicyclic) bond motifs is 1. The standard InChI is InChI=1S/C40H50F5N3O4/c1-5-7-25-20-46-37(47-25)40(16-17-40)30(52-38(51)48-36-34(44)32(42)31(41)33(43)35(36)45)14-9-21(2)27-12-13-28-23(8-6-15-39(27,28)4)10-11-24-18-26(49)19-29(50)22(24)3/h10-11,20-21,26-30,49-50H,3,5-9,12-19H2,1-2,4H3,(H,46,47)(H,48,51)/t21-,26-,27-,28+,29+,30-,39-/m1/s1. The first-order chi connectivity index (χ1) is 24.7. The number of aliphatic hydroxyl groups is 2. The third-order valence-corrected chi connectivity index (χ3v) is 12.6. The number of amides is 1. The van der Waals surface area contributed by atoms with Gasteiger partial charge in [-0.25, -0.2) is 31.7 Å². The van der Waals surface area contributed by atoms with Gasteiger partial charge in [0, 0.05) is 18.3 Å². The number of aromatic amines is 1. The molecule has 0 bridgehead atoms. The number of hydrogen-bond donors (Lipinski definition) is 4. The fraction of sp³-hybridized carbons (Fsp3) is 0.600. The molecular weight excluding hydrogens is 681 g/mol. The van der Waals surface area contributed by atoms with Gasteiger partial charge < -0.3 is 19.9 Å². The summed E-state index contributed by atoms with van der Waals surface area (Å²) in [6, 6.07) is 0. The van der Waals surface area contributed by atoms with Gasteiger partial charge in [0.2, 0.25) is 5.82 Å². The second-order valence-corrected chi connectivity index (χ2v) is 15.8. The summed E-state index contributed by atoms with van der Waals surface area (Å²) in [7, 11) is 0. The maximum atomic E-state index is 14.5. The Kier molecular flexibility index (Phi) is 11.1. The fourth-order valence-corrected chi connectivity index (χ4v) is 9.57. The lowest BCUT2D eigenvalue weighted by atomic mass is 9.60. The van der Waals surface area contributed by atoms with Crippen molar-refractivity contribution in [1.82, 2.24) is 9.97 Å². The van der Waals surface area contributed by atoms with Crippen LogP contribution in [0.25, 0.3) is 0 Å². The molecule has 4 N–H and O–H groups in total. The molecule has 4 aliphatic rings. The molecule has 52 heavy (non-hydrogen) atoms. The van der Waals surface area contributed by atoms with E-state index < -0.39 is 64.6 Å². The molecule has 0 radical (unpaired) electrons. The van der Waals surface area contributed by atoms with Crippen LogP contribution < -0.4 is 5.32 Å². The number of aryl methyl sites for hydroxylation is 1. The van der Waals surface area contributed by atoms with Crippen LogP contribution >= 0.6 is 0 Å². The van der Waals surface area contributed by atoms with Crippen molar-refractivity contribution in [2.45, 2.75) is 128 Å². The fourth-order valence-electron chi connectivity index (χ4n) is 9.57. The van der Waals surface area contributed by atoms with Crippen LogP contribution in [0.15, 0.2) is 41.6 Å². The highest BCUT2D eigenvalue weighted by atomic mass is 19.2. The van der Waals surface area contributed by atoms with Gasteiger partial charge in [-0.1, -0.05) is 51.5 Å². The van der Waals surface area contributed by atoms with E-state index in [2.05, 4.69) is 36.5 Å². The van der Waals surface area contributed by atoms with Crippen molar-refractivity contribution in [2.24, 2.45) is 23.2 Å². The summed E-state index contributed by atoms with van der Waals surface area (Å²) in [5.74, 6) is -9.28. The minimum absolute atomic E-state index is 0.0391. The maximum Gasteiger partial charge on any atom is 0.412 e. The van der Waals surface area contributed by atoms with E-state index in [1.165, 1.54) is 5.57 Å². The molecule has 0 aliphatic heterocycles. The lowest BCUT2D eigenvalue weighted by molar-refractivity contribution is 0.0577. The number of aromatic nitrogens is 2. The summed E-state index contributed by atoms with van der Waals surface area (Å²) in [6.45, 7) is 10.7. The molecule has 1 heterocycles. The van der Waals surface area contributed by atoms with Gasteiger partial charge in [0.25, 0.3) is 0 Å². The molecule has 0 spiro atoms. The third-order valence-electron chi connectivity index (χ3n) is 12.6. The molecule has 4 fully saturated rings. The number of hydrogen-bond acceptors (Lipinski definition) is 5. The van der Waals surface area contributed by atoms with E-state index in [0.29, 0.717) is 61.8 Å². The highest BCUT2D eigenvalue weighted by Crippen LogP contribution is 2.60. The van der Waals surface area contributed by atoms with Crippen LogP contribution in [-0.2, 0) is 16.6 Å². The molecular formula is C40H50F5N3O4. The average molecular weight is 732 g/mol. The first-order valence-corrected chi connectivity index (χ1v) is 18.7. The number of carbonyl (C=O) groups is 1. The van der Waals surface area contributed by atoms with Crippen molar-refractivity contribution in [1.29, 1.82) is 0 Å². The average Bonchev–Trinajstić information content (AvgIpc) is 3.64. The maximum absolute atomic E-state index is 14.5. The Hall–Kier alpha value is -3.51. The normalized spacial score (nSPS) is 29.6. The highest BCUT2D eigenvalue weighted by Gasteiger charge is 2.56. The first-order valence-electron chi connectivity index (χ1n) is 18.7. The Bertz CT molecular complexity index is 1720. The van der Waals surface area contributed by atoms with Crippen molar-refractivity contribution in [2.75, 3.05) is 5.32 Å². The molecule has 7 nitrogen and oxygen atoms in total. The van der Waals surface area contributed by atoms with E-state index >= 15 is 0 Å². The van der Waals surface area contributed by atoms with E-state index in [0.717, 1.165) is 56.2 Å². The van der Waals surface area contributed by atoms with Gasteiger partial charge in [0.05, 0.1) is 17.6 Å². The highest BCUT2D eigenvalue weighted by molar-refractivity contribution is 5.85. The smallest absolute Gasteiger partial charge is 0.412 e. The summed E-state index contributed by atoms with van der Waals surface area (Å²) in [5.41, 5.74) is 1.78. The summed E-state index contributed by atoms with van der Waals surface area (Å²) in [4.78, 5) is 21.2. The van der Waals surface area contributed by atoms with Crippen molar-refractivity contribution < 1.29 is 41.7 Å². The minimum atomic E-state index is -2.31. The van der Waals surface area contributed by atoms with Crippen LogP contribution in [0.2, 0.25) is 0 Å². The van der Waals surface area contributed by atoms with Gasteiger partial charge in [-0.3, -0.25) is 5.32 Å². The summed E-state index contributed by atoms with van der Waals surface area (Å²) in [6.07, 6.45) is 12.6. The molecule has 12 heteroatoms.